The third-order valence-corrected chi connectivity index (χ3v) is 3.86. The quantitative estimate of drug-likeness (QED) is 0.905. The van der Waals surface area contributed by atoms with Gasteiger partial charge in [-0.1, -0.05) is 0 Å². The molecular weight excluding hydrogens is 256 g/mol. The van der Waals surface area contributed by atoms with Gasteiger partial charge < -0.3 is 19.7 Å². The highest BCUT2D eigenvalue weighted by Crippen LogP contribution is 2.31. The number of rotatable bonds is 4. The number of benzene rings is 1. The van der Waals surface area contributed by atoms with Gasteiger partial charge in [0.1, 0.15) is 0 Å². The molecule has 110 valence electrons. The monoisotopic (exact) mass is 278 g/mol. The van der Waals surface area contributed by atoms with Gasteiger partial charge in [0.05, 0.1) is 14.2 Å². The van der Waals surface area contributed by atoms with Crippen LogP contribution in [0.1, 0.15) is 22.3 Å². The van der Waals surface area contributed by atoms with Crippen molar-refractivity contribution in [1.29, 1.82) is 0 Å². The highest BCUT2D eigenvalue weighted by atomic mass is 16.5. The third-order valence-electron chi connectivity index (χ3n) is 3.86. The zero-order chi connectivity index (χ0) is 14.7. The number of nitrogens with one attached hydrogen (secondary N) is 1. The van der Waals surface area contributed by atoms with Crippen molar-refractivity contribution in [2.24, 2.45) is 0 Å². The van der Waals surface area contributed by atoms with E-state index in [1.165, 1.54) is 0 Å². The van der Waals surface area contributed by atoms with Crippen LogP contribution in [0.25, 0.3) is 0 Å². The van der Waals surface area contributed by atoms with Crippen molar-refractivity contribution in [2.45, 2.75) is 19.4 Å². The van der Waals surface area contributed by atoms with Crippen molar-refractivity contribution in [1.82, 2.24) is 10.2 Å². The van der Waals surface area contributed by atoms with Gasteiger partial charge in [0.2, 0.25) is 0 Å². The molecule has 1 amide bonds. The van der Waals surface area contributed by atoms with Crippen LogP contribution >= 0.6 is 0 Å². The highest BCUT2D eigenvalue weighted by molar-refractivity contribution is 5.96. The molecule has 5 nitrogen and oxygen atoms in total. The summed E-state index contributed by atoms with van der Waals surface area (Å²) >= 11 is 0. The molecule has 1 atom stereocenters. The molecule has 1 saturated heterocycles. The maximum Gasteiger partial charge on any atom is 0.254 e. The number of methoxy groups -OCH3 is 2. The lowest BCUT2D eigenvalue weighted by Crippen LogP contribution is -2.38. The fourth-order valence-corrected chi connectivity index (χ4v) is 2.54. The summed E-state index contributed by atoms with van der Waals surface area (Å²) in [6.45, 7) is 3.73. The zero-order valence-corrected chi connectivity index (χ0v) is 12.5. The largest absolute Gasteiger partial charge is 0.493 e. The molecule has 0 aromatic heterocycles. The molecule has 2 rings (SSSR count). The van der Waals surface area contributed by atoms with Crippen LogP contribution in [0.15, 0.2) is 12.1 Å². The highest BCUT2D eigenvalue weighted by Gasteiger charge is 2.25. The summed E-state index contributed by atoms with van der Waals surface area (Å²) in [4.78, 5) is 14.4. The average molecular weight is 278 g/mol. The SMILES string of the molecule is COc1cc(C)c(C(=O)N(C)[C@@H]2CCNC2)cc1OC. The molecule has 1 aliphatic rings. The maximum atomic E-state index is 12.6. The Labute approximate surface area is 119 Å². The lowest BCUT2D eigenvalue weighted by Gasteiger charge is -2.25. The van der Waals surface area contributed by atoms with E-state index in [0.29, 0.717) is 17.1 Å². The fourth-order valence-electron chi connectivity index (χ4n) is 2.54. The number of nitrogens with zero attached hydrogens (tertiary/aromatic N) is 1. The first kappa shape index (κ1) is 14.7. The van der Waals surface area contributed by atoms with E-state index in [0.717, 1.165) is 25.1 Å². The minimum atomic E-state index is 0.0251. The number of carbonyl (C=O) groups is 1. The van der Waals surface area contributed by atoms with Crippen LogP contribution in [-0.4, -0.2) is 51.2 Å². The molecule has 0 bridgehead atoms. The van der Waals surface area contributed by atoms with E-state index in [2.05, 4.69) is 5.32 Å². The minimum Gasteiger partial charge on any atom is -0.493 e. The van der Waals surface area contributed by atoms with Gasteiger partial charge in [-0.3, -0.25) is 4.79 Å². The molecule has 0 unspecified atom stereocenters. The smallest absolute Gasteiger partial charge is 0.254 e. The summed E-state index contributed by atoms with van der Waals surface area (Å²) in [7, 11) is 5.03. The summed E-state index contributed by atoms with van der Waals surface area (Å²) < 4.78 is 10.5. The Balaban J connectivity index is 2.29. The van der Waals surface area contributed by atoms with Crippen molar-refractivity contribution in [3.05, 3.63) is 23.3 Å². The Bertz CT molecular complexity index is 496. The predicted octanol–water partition coefficient (Wildman–Crippen LogP) is 1.45. The molecule has 0 spiro atoms. The van der Waals surface area contributed by atoms with Crippen LogP contribution in [0.3, 0.4) is 0 Å². The fraction of sp³-hybridized carbons (Fsp3) is 0.533. The molecule has 5 heteroatoms. The van der Waals surface area contributed by atoms with Crippen molar-refractivity contribution in [2.75, 3.05) is 34.4 Å². The molecule has 0 aliphatic carbocycles. The predicted molar refractivity (Wildman–Crippen MR) is 77.7 cm³/mol. The van der Waals surface area contributed by atoms with Crippen LogP contribution in [-0.2, 0) is 0 Å². The summed E-state index contributed by atoms with van der Waals surface area (Å²) in [6.07, 6.45) is 0.995. The van der Waals surface area contributed by atoms with Gasteiger partial charge in [-0.15, -0.1) is 0 Å². The lowest BCUT2D eigenvalue weighted by molar-refractivity contribution is 0.0742. The molecule has 0 saturated carbocycles. The molecule has 0 radical (unpaired) electrons. The standard InChI is InChI=1S/C15H22N2O3/c1-10-7-13(19-3)14(20-4)8-12(10)15(18)17(2)11-5-6-16-9-11/h7-8,11,16H,5-6,9H2,1-4H3/t11-/m1/s1. The number of ether oxygens (including phenoxy) is 2. The molecule has 1 aromatic carbocycles. The van der Waals surface area contributed by atoms with Crippen LogP contribution in [0.5, 0.6) is 11.5 Å². The first-order chi connectivity index (χ1) is 9.58. The number of carbonyl (C=O) groups excluding carboxylic acids is 1. The Morgan fingerprint density at radius 3 is 2.50 bits per heavy atom. The molecular formula is C15H22N2O3. The molecule has 1 aliphatic heterocycles. The summed E-state index contributed by atoms with van der Waals surface area (Å²) in [5.74, 6) is 1.25. The minimum absolute atomic E-state index is 0.0251. The van der Waals surface area contributed by atoms with E-state index in [-0.39, 0.29) is 11.9 Å². The number of hydrogen-bond acceptors (Lipinski definition) is 4. The van der Waals surface area contributed by atoms with E-state index in [1.807, 2.05) is 24.9 Å². The Kier molecular flexibility index (Phi) is 4.49. The van der Waals surface area contributed by atoms with Crippen molar-refractivity contribution >= 4 is 5.91 Å². The van der Waals surface area contributed by atoms with Gasteiger partial charge in [0.25, 0.3) is 5.91 Å². The first-order valence-electron chi connectivity index (χ1n) is 6.79. The molecule has 1 heterocycles. The topological polar surface area (TPSA) is 50.8 Å². The van der Waals surface area contributed by atoms with Crippen LogP contribution < -0.4 is 14.8 Å². The van der Waals surface area contributed by atoms with Gasteiger partial charge in [-0.25, -0.2) is 0 Å². The van der Waals surface area contributed by atoms with Gasteiger partial charge in [-0.05, 0) is 37.6 Å². The van der Waals surface area contributed by atoms with E-state index < -0.39 is 0 Å². The Morgan fingerprint density at radius 2 is 1.95 bits per heavy atom. The number of aryl methyl sites for hydroxylation is 1. The molecule has 20 heavy (non-hydrogen) atoms. The Hall–Kier alpha value is -1.75. The van der Waals surface area contributed by atoms with Gasteiger partial charge >= 0.3 is 0 Å². The maximum absolute atomic E-state index is 12.6. The van der Waals surface area contributed by atoms with Crippen LogP contribution in [0, 0.1) is 6.92 Å². The van der Waals surface area contributed by atoms with Crippen LogP contribution in [0.4, 0.5) is 0 Å². The van der Waals surface area contributed by atoms with E-state index >= 15 is 0 Å². The van der Waals surface area contributed by atoms with Crippen molar-refractivity contribution < 1.29 is 14.3 Å². The second-order valence-electron chi connectivity index (χ2n) is 5.08. The normalized spacial score (nSPS) is 17.9. The third kappa shape index (κ3) is 2.72. The number of hydrogen-bond donors (Lipinski definition) is 1. The van der Waals surface area contributed by atoms with Gasteiger partial charge in [0, 0.05) is 25.2 Å². The molecule has 1 aromatic rings. The summed E-state index contributed by atoms with van der Waals surface area (Å²) in [5, 5.41) is 3.28. The molecule has 1 fully saturated rings. The van der Waals surface area contributed by atoms with Crippen molar-refractivity contribution in [3.8, 4) is 11.5 Å². The zero-order valence-electron chi connectivity index (χ0n) is 12.5. The first-order valence-corrected chi connectivity index (χ1v) is 6.79. The second kappa shape index (κ2) is 6.13. The number of amides is 1. The van der Waals surface area contributed by atoms with E-state index in [4.69, 9.17) is 9.47 Å². The lowest BCUT2D eigenvalue weighted by atomic mass is 10.1. The Morgan fingerprint density at radius 1 is 1.30 bits per heavy atom. The van der Waals surface area contributed by atoms with Gasteiger partial charge in [-0.2, -0.15) is 0 Å². The van der Waals surface area contributed by atoms with Crippen molar-refractivity contribution in [3.63, 3.8) is 0 Å². The second-order valence-corrected chi connectivity index (χ2v) is 5.08. The number of likely N-dealkylation sites (N-methyl/N-ethyl adjacent to an activating group) is 1. The van der Waals surface area contributed by atoms with E-state index in [9.17, 15) is 4.79 Å². The van der Waals surface area contributed by atoms with Crippen LogP contribution in [0.2, 0.25) is 0 Å². The van der Waals surface area contributed by atoms with E-state index in [1.54, 1.807) is 20.3 Å². The average Bonchev–Trinajstić information content (AvgIpc) is 2.99. The summed E-state index contributed by atoms with van der Waals surface area (Å²) in [5.41, 5.74) is 1.56. The summed E-state index contributed by atoms with van der Waals surface area (Å²) in [6, 6.07) is 3.86. The molecule has 1 N–H and O–H groups in total. The van der Waals surface area contributed by atoms with Gasteiger partial charge in [0.15, 0.2) is 11.5 Å².